The zero-order valence-corrected chi connectivity index (χ0v) is 54.3. The van der Waals surface area contributed by atoms with Crippen molar-refractivity contribution < 1.29 is 28.6 Å². The van der Waals surface area contributed by atoms with Crippen LogP contribution in [0.2, 0.25) is 0 Å². The third-order valence-corrected chi connectivity index (χ3v) is 16.0. The van der Waals surface area contributed by atoms with Crippen LogP contribution in [0.5, 0.6) is 0 Å². The summed E-state index contributed by atoms with van der Waals surface area (Å²) in [5.41, 5.74) is 0. The smallest absolute Gasteiger partial charge is 0.306 e. The van der Waals surface area contributed by atoms with Gasteiger partial charge in [0.2, 0.25) is 0 Å². The fraction of sp³-hybridized carbons (Fsp3) is 0.827. The van der Waals surface area contributed by atoms with E-state index in [9.17, 15) is 14.4 Å². The Hall–Kier alpha value is -2.89. The molecule has 1 unspecified atom stereocenters. The maximum atomic E-state index is 12.9. The number of carbonyl (C=O) groups is 3. The zero-order valence-electron chi connectivity index (χ0n) is 54.3. The van der Waals surface area contributed by atoms with Gasteiger partial charge < -0.3 is 14.2 Å². The molecule has 0 rings (SSSR count). The number of rotatable bonds is 66. The van der Waals surface area contributed by atoms with E-state index >= 15 is 0 Å². The number of hydrogen-bond donors (Lipinski definition) is 0. The molecule has 0 bridgehead atoms. The number of carbonyl (C=O) groups excluding carboxylic acids is 3. The third-order valence-electron chi connectivity index (χ3n) is 16.0. The summed E-state index contributed by atoms with van der Waals surface area (Å²) in [6.45, 7) is 6.55. The Morgan fingerprint density at radius 3 is 0.753 bits per heavy atom. The van der Waals surface area contributed by atoms with Crippen LogP contribution in [0.15, 0.2) is 60.8 Å². The van der Waals surface area contributed by atoms with E-state index in [2.05, 4.69) is 81.5 Å². The van der Waals surface area contributed by atoms with Gasteiger partial charge in [-0.3, -0.25) is 14.4 Å². The molecular formula is C75H136O6. The molecule has 81 heavy (non-hydrogen) atoms. The van der Waals surface area contributed by atoms with E-state index in [1.54, 1.807) is 0 Å². The quantitative estimate of drug-likeness (QED) is 0.0261. The molecule has 0 fully saturated rings. The lowest BCUT2D eigenvalue weighted by molar-refractivity contribution is -0.167. The highest BCUT2D eigenvalue weighted by atomic mass is 16.6. The Labute approximate surface area is 504 Å². The van der Waals surface area contributed by atoms with E-state index in [-0.39, 0.29) is 31.1 Å². The Balaban J connectivity index is 4.02. The molecule has 6 nitrogen and oxygen atoms in total. The minimum absolute atomic E-state index is 0.0682. The molecule has 0 radical (unpaired) electrons. The van der Waals surface area contributed by atoms with Crippen molar-refractivity contribution >= 4 is 17.9 Å². The lowest BCUT2D eigenvalue weighted by atomic mass is 10.0. The molecule has 0 aliphatic rings. The summed E-state index contributed by atoms with van der Waals surface area (Å²) in [5.74, 6) is -0.850. The van der Waals surface area contributed by atoms with Gasteiger partial charge in [-0.1, -0.05) is 358 Å². The van der Waals surface area contributed by atoms with Gasteiger partial charge in [-0.05, 0) is 64.2 Å². The van der Waals surface area contributed by atoms with Crippen LogP contribution in [0.25, 0.3) is 0 Å². The van der Waals surface area contributed by atoms with Gasteiger partial charge in [0.05, 0.1) is 0 Å². The maximum absolute atomic E-state index is 12.9. The summed E-state index contributed by atoms with van der Waals surface area (Å²) in [7, 11) is 0. The van der Waals surface area contributed by atoms with Crippen LogP contribution in [0, 0.1) is 0 Å². The summed E-state index contributed by atoms with van der Waals surface area (Å²) in [4.78, 5) is 38.2. The van der Waals surface area contributed by atoms with Crippen molar-refractivity contribution in [2.75, 3.05) is 13.2 Å². The van der Waals surface area contributed by atoms with Crippen molar-refractivity contribution in [3.8, 4) is 0 Å². The van der Waals surface area contributed by atoms with Crippen molar-refractivity contribution in [2.45, 2.75) is 386 Å². The van der Waals surface area contributed by atoms with Gasteiger partial charge in [0.25, 0.3) is 0 Å². The maximum Gasteiger partial charge on any atom is 0.306 e. The Bertz CT molecular complexity index is 1440. The standard InChI is InChI=1S/C75H136O6/c1-4-7-10-13-16-18-20-22-24-26-28-30-32-34-35-36-37-38-39-41-42-44-46-48-50-52-54-56-59-62-65-68-74(77)80-71-72(70-79-73(76)67-64-61-58-15-12-9-6-3)81-75(78)69-66-63-60-57-55-53-51-49-47-45-43-40-33-31-29-27-25-23-21-19-17-14-11-8-5-2/h7,10,16,18,22,24,28,30,34-35,72H,4-6,8-9,11-15,17,19-21,23,25-27,29,31-33,36-71H2,1-3H3/b10-7-,18-16-,24-22-,30-28-,35-34-. The topological polar surface area (TPSA) is 78.9 Å². The molecule has 6 heteroatoms. The third kappa shape index (κ3) is 67.8. The summed E-state index contributed by atoms with van der Waals surface area (Å²) in [6.07, 6.45) is 90.0. The molecular weight excluding hydrogens is 997 g/mol. The largest absolute Gasteiger partial charge is 0.462 e. The molecule has 1 atom stereocenters. The fourth-order valence-corrected chi connectivity index (χ4v) is 10.7. The first-order valence-electron chi connectivity index (χ1n) is 35.8. The van der Waals surface area contributed by atoms with E-state index in [0.717, 1.165) is 89.9 Å². The van der Waals surface area contributed by atoms with Crippen LogP contribution in [0.1, 0.15) is 380 Å². The van der Waals surface area contributed by atoms with Crippen LogP contribution in [-0.2, 0) is 28.6 Å². The van der Waals surface area contributed by atoms with Gasteiger partial charge in [0.15, 0.2) is 6.10 Å². The predicted octanol–water partition coefficient (Wildman–Crippen LogP) is 24.7. The van der Waals surface area contributed by atoms with Crippen molar-refractivity contribution in [1.29, 1.82) is 0 Å². The minimum atomic E-state index is -0.769. The van der Waals surface area contributed by atoms with Crippen LogP contribution >= 0.6 is 0 Å². The molecule has 0 N–H and O–H groups in total. The molecule has 0 aliphatic heterocycles. The summed E-state index contributed by atoms with van der Waals surface area (Å²) >= 11 is 0. The van der Waals surface area contributed by atoms with Crippen LogP contribution in [0.3, 0.4) is 0 Å². The number of hydrogen-bond acceptors (Lipinski definition) is 6. The van der Waals surface area contributed by atoms with Crippen molar-refractivity contribution in [1.82, 2.24) is 0 Å². The molecule has 0 aromatic heterocycles. The molecule has 0 heterocycles. The van der Waals surface area contributed by atoms with Crippen LogP contribution in [0.4, 0.5) is 0 Å². The molecule has 472 valence electrons. The van der Waals surface area contributed by atoms with Gasteiger partial charge >= 0.3 is 17.9 Å². The van der Waals surface area contributed by atoms with Gasteiger partial charge in [-0.15, -0.1) is 0 Å². The highest BCUT2D eigenvalue weighted by molar-refractivity contribution is 5.71. The van der Waals surface area contributed by atoms with Crippen molar-refractivity contribution in [3.05, 3.63) is 60.8 Å². The SMILES string of the molecule is CC/C=C\C/C=C\C/C=C\C/C=C\C/C=C\CCCCCCCCCCCCCCCCCC(=O)OCC(COC(=O)CCCCCCCCC)OC(=O)CCCCCCCCCCCCCCCCCCCCCCCCCCC. The highest BCUT2D eigenvalue weighted by Gasteiger charge is 2.19. The summed E-state index contributed by atoms with van der Waals surface area (Å²) in [6, 6.07) is 0. The van der Waals surface area contributed by atoms with Gasteiger partial charge in [0.1, 0.15) is 13.2 Å². The Kier molecular flexibility index (Phi) is 67.1. The molecule has 0 saturated carbocycles. The van der Waals surface area contributed by atoms with E-state index in [1.807, 2.05) is 0 Å². The zero-order chi connectivity index (χ0) is 58.5. The molecule has 0 aromatic carbocycles. The number of unbranched alkanes of at least 4 members (excludes halogenated alkanes) is 45. The second kappa shape index (κ2) is 69.6. The normalized spacial score (nSPS) is 12.4. The molecule has 0 aliphatic carbocycles. The minimum Gasteiger partial charge on any atom is -0.462 e. The predicted molar refractivity (Wildman–Crippen MR) is 353 cm³/mol. The van der Waals surface area contributed by atoms with Crippen molar-refractivity contribution in [3.63, 3.8) is 0 Å². The highest BCUT2D eigenvalue weighted by Crippen LogP contribution is 2.19. The average molecular weight is 1130 g/mol. The molecule has 0 aromatic rings. The van der Waals surface area contributed by atoms with Gasteiger partial charge in [-0.25, -0.2) is 0 Å². The Morgan fingerprint density at radius 2 is 0.481 bits per heavy atom. The van der Waals surface area contributed by atoms with E-state index in [4.69, 9.17) is 14.2 Å². The number of ether oxygens (including phenoxy) is 3. The van der Waals surface area contributed by atoms with E-state index < -0.39 is 6.10 Å². The molecule has 0 amide bonds. The summed E-state index contributed by atoms with van der Waals surface area (Å²) < 4.78 is 16.9. The monoisotopic (exact) mass is 1130 g/mol. The van der Waals surface area contributed by atoms with Crippen LogP contribution in [-0.4, -0.2) is 37.2 Å². The Morgan fingerprint density at radius 1 is 0.259 bits per heavy atom. The number of allylic oxidation sites excluding steroid dienone is 10. The van der Waals surface area contributed by atoms with Crippen molar-refractivity contribution in [2.24, 2.45) is 0 Å². The van der Waals surface area contributed by atoms with Gasteiger partial charge in [0, 0.05) is 19.3 Å². The van der Waals surface area contributed by atoms with E-state index in [1.165, 1.54) is 250 Å². The summed E-state index contributed by atoms with van der Waals surface area (Å²) in [5, 5.41) is 0. The van der Waals surface area contributed by atoms with E-state index in [0.29, 0.717) is 19.3 Å². The fourth-order valence-electron chi connectivity index (χ4n) is 10.7. The lowest BCUT2D eigenvalue weighted by Crippen LogP contribution is -2.30. The van der Waals surface area contributed by atoms with Crippen LogP contribution < -0.4 is 0 Å². The lowest BCUT2D eigenvalue weighted by Gasteiger charge is -2.18. The average Bonchev–Trinajstić information content (AvgIpc) is 3.46. The number of esters is 3. The molecule has 0 saturated heterocycles. The first-order chi connectivity index (χ1) is 40.0. The second-order valence-electron chi connectivity index (χ2n) is 24.1. The second-order valence-corrected chi connectivity index (χ2v) is 24.1. The first kappa shape index (κ1) is 78.1. The molecule has 0 spiro atoms. The first-order valence-corrected chi connectivity index (χ1v) is 35.8. The van der Waals surface area contributed by atoms with Gasteiger partial charge in [-0.2, -0.15) is 0 Å².